The summed E-state index contributed by atoms with van der Waals surface area (Å²) >= 11 is 0. The lowest BCUT2D eigenvalue weighted by molar-refractivity contribution is -0.0733. The molecule has 92 heavy (non-hydrogen) atoms. The number of nitrogen functional groups attached to an aromatic ring is 3. The molecule has 9 aromatic rings. The maximum atomic E-state index is 15.8. The zero-order valence-corrected chi connectivity index (χ0v) is 51.6. The SMILES string of the molecule is COc1ccc(CO[C@H]2C(F)[C@@H](COP(C)(=O)OCc3ccccc3)O[C@H]2n2cnc3c(N)ncnc32)cc1.CP(=O)(OCc1ccccc1)OC[C@H]1O[C@@H](n2cnc3c(N)ncnc32)[C@@H](O)C1F.Nc1ncnc2c1ncn2[C@@H]1O[C@H](COP(=O)(O)O)C(F)[C@@H]1O. The number of ether oxygens (including phenoxy) is 5. The summed E-state index contributed by atoms with van der Waals surface area (Å²) in [6, 6.07) is 25.7. The van der Waals surface area contributed by atoms with Gasteiger partial charge in [0.25, 0.3) is 0 Å². The summed E-state index contributed by atoms with van der Waals surface area (Å²) in [6.07, 6.45) is -8.60. The summed E-state index contributed by atoms with van der Waals surface area (Å²) in [4.78, 5) is 53.5. The maximum Gasteiger partial charge on any atom is 0.469 e. The highest BCUT2D eigenvalue weighted by Crippen LogP contribution is 2.48. The number of methoxy groups -OCH3 is 1. The van der Waals surface area contributed by atoms with Crippen LogP contribution in [-0.2, 0) is 75.1 Å². The van der Waals surface area contributed by atoms with Crippen LogP contribution >= 0.6 is 23.0 Å². The molecule has 0 amide bonds. The molecule has 3 saturated heterocycles. The first-order chi connectivity index (χ1) is 44.0. The first-order valence-electron chi connectivity index (χ1n) is 27.8. The smallest absolute Gasteiger partial charge is 0.469 e. The third-order valence-electron chi connectivity index (χ3n) is 14.4. The molecule has 0 aliphatic carbocycles. The number of imidazole rings is 3. The maximum absolute atomic E-state index is 15.8. The largest absolute Gasteiger partial charge is 0.497 e. The molecular weight excluding hydrogens is 1280 g/mol. The number of aliphatic hydroxyl groups excluding tert-OH is 2. The minimum Gasteiger partial charge on any atom is -0.497 e. The molecule has 0 saturated carbocycles. The van der Waals surface area contributed by atoms with Gasteiger partial charge in [-0.05, 0) is 28.8 Å². The number of nitrogens with two attached hydrogens (primary N) is 3. The van der Waals surface area contributed by atoms with Crippen LogP contribution < -0.4 is 21.9 Å². The highest BCUT2D eigenvalue weighted by molar-refractivity contribution is 7.53. The van der Waals surface area contributed by atoms with Crippen LogP contribution in [0.2, 0.25) is 0 Å². The van der Waals surface area contributed by atoms with Gasteiger partial charge >= 0.3 is 23.0 Å². The van der Waals surface area contributed by atoms with Crippen molar-refractivity contribution in [3.8, 4) is 5.75 Å². The number of benzene rings is 3. The zero-order chi connectivity index (χ0) is 65.5. The molecule has 3 aliphatic rings. The lowest BCUT2D eigenvalue weighted by Crippen LogP contribution is -2.32. The van der Waals surface area contributed by atoms with Crippen LogP contribution in [0.1, 0.15) is 35.4 Å². The van der Waals surface area contributed by atoms with Gasteiger partial charge in [0.2, 0.25) is 0 Å². The molecule has 3 aliphatic heterocycles. The van der Waals surface area contributed by atoms with Crippen LogP contribution in [0.25, 0.3) is 33.5 Å². The van der Waals surface area contributed by atoms with Gasteiger partial charge in [0, 0.05) is 13.3 Å². The Kier molecular flexibility index (Phi) is 21.4. The molecule has 492 valence electrons. The van der Waals surface area contributed by atoms with Crippen molar-refractivity contribution in [1.29, 1.82) is 0 Å². The Morgan fingerprint density at radius 1 is 0.489 bits per heavy atom. The topological polar surface area (TPSA) is 433 Å². The molecular formula is C54H63F3N15O17P3. The van der Waals surface area contributed by atoms with Crippen molar-refractivity contribution in [2.24, 2.45) is 0 Å². The molecule has 3 aromatic carbocycles. The summed E-state index contributed by atoms with van der Waals surface area (Å²) < 4.78 is 139. The van der Waals surface area contributed by atoms with E-state index in [0.717, 1.165) is 16.7 Å². The number of nitrogens with zero attached hydrogens (tertiary/aromatic N) is 12. The monoisotopic (exact) mass is 1340 g/mol. The first kappa shape index (κ1) is 67.4. The Morgan fingerprint density at radius 2 is 0.859 bits per heavy atom. The van der Waals surface area contributed by atoms with Crippen LogP contribution in [0.3, 0.4) is 0 Å². The average molecular weight is 1340 g/mol. The van der Waals surface area contributed by atoms with Gasteiger partial charge in [-0.2, -0.15) is 0 Å². The van der Waals surface area contributed by atoms with Crippen molar-refractivity contribution >= 4 is 74.0 Å². The fourth-order valence-electron chi connectivity index (χ4n) is 9.65. The first-order valence-corrected chi connectivity index (χ1v) is 33.3. The molecule has 3 fully saturated rings. The van der Waals surface area contributed by atoms with Gasteiger partial charge in [0.1, 0.15) is 77.9 Å². The fraction of sp³-hybridized carbons (Fsp3) is 0.389. The predicted molar refractivity (Wildman–Crippen MR) is 319 cm³/mol. The zero-order valence-electron chi connectivity index (χ0n) is 48.9. The predicted octanol–water partition coefficient (Wildman–Crippen LogP) is 5.47. The quantitative estimate of drug-likeness (QED) is 0.0413. The molecule has 0 bridgehead atoms. The molecule has 14 atom stereocenters. The van der Waals surface area contributed by atoms with Gasteiger partial charge < -0.3 is 79.0 Å². The molecule has 6 aromatic heterocycles. The number of hydrogen-bond donors (Lipinski definition) is 7. The fourth-order valence-corrected chi connectivity index (χ4v) is 11.7. The number of phosphoric ester groups is 1. The lowest BCUT2D eigenvalue weighted by Gasteiger charge is -2.21. The molecule has 5 unspecified atom stereocenters. The molecule has 9 heterocycles. The van der Waals surface area contributed by atoms with Gasteiger partial charge in [0.15, 0.2) is 71.6 Å². The van der Waals surface area contributed by atoms with E-state index >= 15 is 4.39 Å². The van der Waals surface area contributed by atoms with Gasteiger partial charge in [-0.15, -0.1) is 0 Å². The van der Waals surface area contributed by atoms with Gasteiger partial charge in [-0.3, -0.25) is 27.4 Å². The van der Waals surface area contributed by atoms with Gasteiger partial charge in [0.05, 0.1) is 65.7 Å². The second-order valence-corrected chi connectivity index (χ2v) is 26.2. The molecule has 0 spiro atoms. The average Bonchev–Trinajstić information content (AvgIpc) is 1.66. The third-order valence-corrected chi connectivity index (χ3v) is 17.3. The van der Waals surface area contributed by atoms with E-state index in [4.69, 9.17) is 68.8 Å². The molecule has 32 nitrogen and oxygen atoms in total. The number of rotatable bonds is 22. The van der Waals surface area contributed by atoms with Crippen LogP contribution in [0.15, 0.2) is 123 Å². The van der Waals surface area contributed by atoms with Crippen molar-refractivity contribution in [2.75, 3.05) is 57.5 Å². The molecule has 0 radical (unpaired) electrons. The van der Waals surface area contributed by atoms with E-state index in [1.54, 1.807) is 23.8 Å². The van der Waals surface area contributed by atoms with Crippen molar-refractivity contribution in [2.45, 2.75) is 93.6 Å². The number of aliphatic hydroxyl groups is 2. The van der Waals surface area contributed by atoms with E-state index in [-0.39, 0.29) is 61.7 Å². The van der Waals surface area contributed by atoms with E-state index in [1.807, 2.05) is 72.8 Å². The highest BCUT2D eigenvalue weighted by Gasteiger charge is 2.50. The number of hydrogen-bond acceptors (Lipinski definition) is 27. The Labute approximate surface area is 520 Å². The second kappa shape index (κ2) is 29.2. The van der Waals surface area contributed by atoms with E-state index in [2.05, 4.69) is 49.4 Å². The van der Waals surface area contributed by atoms with Crippen LogP contribution in [0, 0.1) is 0 Å². The van der Waals surface area contributed by atoms with E-state index < -0.39 is 103 Å². The molecule has 38 heteroatoms. The second-order valence-electron chi connectivity index (χ2n) is 20.8. The highest BCUT2D eigenvalue weighted by atomic mass is 31.2. The minimum absolute atomic E-state index is 0.0899. The summed E-state index contributed by atoms with van der Waals surface area (Å²) in [5, 5.41) is 20.3. The van der Waals surface area contributed by atoms with Gasteiger partial charge in [-0.1, -0.05) is 72.8 Å². The van der Waals surface area contributed by atoms with Crippen LogP contribution in [-0.4, -0.2) is 174 Å². The standard InChI is InChI=1S/C26H29FN5O6P.C18H21FN5O5P.C10H13FN5O6P/c1-34-19-10-8-18(9-11-19)12-35-23-21(27)20(14-37-39(2,33)36-13-17-6-4-3-5-7-17)38-26(23)32-16-31-22-24(28)29-15-30-25(22)32;1-30(26,27-7-11-5-3-2-4-6-11)28-8-12-13(19)15(25)18(29-12)24-10-23-14-16(20)21-9-22-17(14)24;11-5-4(1-21-23(18,19)20)22-10(7(5)17)16-3-15-6-8(12)13-2-14-9(6)16/h3-11,15-16,20-21,23,26H,12-14H2,1-2H3,(H2,28,29,30);2-6,9-10,12-13,15,18,25H,7-8H2,1H3,(H2,20,21,22);2-5,7,10,17H,1H2,(H2,12,13,14)(H2,18,19,20)/t20-,21?,23+,26-,39?;12-,13?,15+,18-,30?;4-,5?,7+,10-/m111/s1. The molecule has 10 N–H and O–H groups in total. The van der Waals surface area contributed by atoms with Crippen LogP contribution in [0.5, 0.6) is 5.75 Å². The van der Waals surface area contributed by atoms with E-state index in [1.165, 1.54) is 60.4 Å². The Bertz CT molecular complexity index is 4080. The number of anilines is 3. The molecule has 12 rings (SSSR count). The minimum atomic E-state index is -4.77. The van der Waals surface area contributed by atoms with Crippen molar-refractivity contribution in [1.82, 2.24) is 58.6 Å². The number of fused-ring (bicyclic) bond motifs is 3. The van der Waals surface area contributed by atoms with Crippen LogP contribution in [0.4, 0.5) is 30.6 Å². The normalized spacial score (nSPS) is 25.2. The number of alkyl halides is 3. The summed E-state index contributed by atoms with van der Waals surface area (Å²) in [5.74, 6) is 1.15. The van der Waals surface area contributed by atoms with Gasteiger partial charge in [-0.25, -0.2) is 62.6 Å². The number of aromatic nitrogens is 12. The Hall–Kier alpha value is -7.53. The van der Waals surface area contributed by atoms with E-state index in [9.17, 15) is 32.7 Å². The Balaban J connectivity index is 0.000000157. The third kappa shape index (κ3) is 16.1. The number of halogens is 3. The summed E-state index contributed by atoms with van der Waals surface area (Å²) in [7, 11) is -10.2. The van der Waals surface area contributed by atoms with E-state index in [0.29, 0.717) is 28.1 Å². The van der Waals surface area contributed by atoms with Crippen molar-refractivity contribution in [3.05, 3.63) is 140 Å². The van der Waals surface area contributed by atoms with Crippen molar-refractivity contribution < 1.29 is 93.2 Å². The summed E-state index contributed by atoms with van der Waals surface area (Å²) in [5.41, 5.74) is 21.6. The summed E-state index contributed by atoms with van der Waals surface area (Å²) in [6.45, 7) is 1.55. The lowest BCUT2D eigenvalue weighted by atomic mass is 10.1. The number of phosphoric acid groups is 1. The Morgan fingerprint density at radius 3 is 1.26 bits per heavy atom. The van der Waals surface area contributed by atoms with Crippen molar-refractivity contribution in [3.63, 3.8) is 0 Å².